The molecule has 0 N–H and O–H groups in total. The second kappa shape index (κ2) is 4.36. The van der Waals surface area contributed by atoms with Gasteiger partial charge in [0, 0.05) is 31.3 Å². The fourth-order valence-electron chi connectivity index (χ4n) is 2.02. The van der Waals surface area contributed by atoms with Crippen molar-refractivity contribution in [3.8, 4) is 12.3 Å². The molecule has 0 spiro atoms. The largest absolute Gasteiger partial charge is 0.335 e. The maximum Gasteiger partial charge on any atom is 0.224 e. The van der Waals surface area contributed by atoms with Gasteiger partial charge in [0.1, 0.15) is 0 Å². The molecule has 1 saturated heterocycles. The molecule has 0 bridgehead atoms. The monoisotopic (exact) mass is 214 g/mol. The molecular weight excluding hydrogens is 200 g/mol. The zero-order chi connectivity index (χ0) is 11.5. The number of hydrogen-bond acceptors (Lipinski definition) is 2. The van der Waals surface area contributed by atoms with Gasteiger partial charge in [0.05, 0.1) is 6.04 Å². The Balaban J connectivity index is 2.15. The van der Waals surface area contributed by atoms with Gasteiger partial charge in [0.25, 0.3) is 0 Å². The molecule has 1 amide bonds. The van der Waals surface area contributed by atoms with Crippen molar-refractivity contribution in [3.63, 3.8) is 0 Å². The third-order valence-corrected chi connectivity index (χ3v) is 3.03. The lowest BCUT2D eigenvalue weighted by Crippen LogP contribution is -2.28. The molecule has 1 aromatic heterocycles. The minimum atomic E-state index is 0.0551. The van der Waals surface area contributed by atoms with E-state index in [9.17, 15) is 4.79 Å². The first-order valence-corrected chi connectivity index (χ1v) is 5.38. The number of amides is 1. The molecule has 1 aliphatic rings. The summed E-state index contributed by atoms with van der Waals surface area (Å²) < 4.78 is 0. The van der Waals surface area contributed by atoms with Crippen molar-refractivity contribution < 1.29 is 4.79 Å². The van der Waals surface area contributed by atoms with E-state index in [1.54, 1.807) is 12.4 Å². The number of carbonyl (C=O) groups is 1. The normalized spacial score (nSPS) is 21.9. The highest BCUT2D eigenvalue weighted by molar-refractivity contribution is 5.79. The number of aromatic nitrogens is 1. The maximum absolute atomic E-state index is 11.8. The van der Waals surface area contributed by atoms with Crippen LogP contribution in [0, 0.1) is 18.3 Å². The number of hydrogen-bond donors (Lipinski definition) is 0. The summed E-state index contributed by atoms with van der Waals surface area (Å²) >= 11 is 0. The second-order valence-electron chi connectivity index (χ2n) is 4.08. The highest BCUT2D eigenvalue weighted by Crippen LogP contribution is 2.27. The molecule has 3 heteroatoms. The Morgan fingerprint density at radius 3 is 3.06 bits per heavy atom. The number of carbonyl (C=O) groups excluding carboxylic acids is 1. The SMILES string of the molecule is C#CC1CC(=O)N(C(C)c2cccnc2)C1. The molecule has 2 atom stereocenters. The first-order valence-electron chi connectivity index (χ1n) is 5.38. The second-order valence-corrected chi connectivity index (χ2v) is 4.08. The van der Waals surface area contributed by atoms with Crippen LogP contribution in [0.2, 0.25) is 0 Å². The standard InChI is InChI=1S/C13H14N2O/c1-3-11-7-13(16)15(9-11)10(2)12-5-4-6-14-8-12/h1,4-6,8,10-11H,7,9H2,2H3. The predicted molar refractivity (Wildman–Crippen MR) is 61.3 cm³/mol. The Bertz CT molecular complexity index is 421. The van der Waals surface area contributed by atoms with Crippen LogP contribution in [-0.2, 0) is 4.79 Å². The van der Waals surface area contributed by atoms with Gasteiger partial charge in [0.2, 0.25) is 5.91 Å². The average molecular weight is 214 g/mol. The highest BCUT2D eigenvalue weighted by Gasteiger charge is 2.31. The van der Waals surface area contributed by atoms with Crippen LogP contribution in [0.5, 0.6) is 0 Å². The molecule has 0 saturated carbocycles. The van der Waals surface area contributed by atoms with Gasteiger partial charge in [-0.1, -0.05) is 6.07 Å². The van der Waals surface area contributed by atoms with Crippen LogP contribution in [0.25, 0.3) is 0 Å². The summed E-state index contributed by atoms with van der Waals surface area (Å²) in [6.45, 7) is 2.67. The average Bonchev–Trinajstić information content (AvgIpc) is 2.71. The van der Waals surface area contributed by atoms with Crippen LogP contribution in [0.3, 0.4) is 0 Å². The van der Waals surface area contributed by atoms with E-state index in [1.165, 1.54) is 0 Å². The Labute approximate surface area is 95.5 Å². The number of likely N-dealkylation sites (tertiary alicyclic amines) is 1. The van der Waals surface area contributed by atoms with Crippen molar-refractivity contribution in [1.82, 2.24) is 9.88 Å². The lowest BCUT2D eigenvalue weighted by molar-refractivity contribution is -0.129. The lowest BCUT2D eigenvalue weighted by atomic mass is 10.1. The van der Waals surface area contributed by atoms with Gasteiger partial charge in [-0.2, -0.15) is 0 Å². The Kier molecular flexibility index (Phi) is 2.91. The fraction of sp³-hybridized carbons (Fsp3) is 0.385. The lowest BCUT2D eigenvalue weighted by Gasteiger charge is -2.24. The first kappa shape index (κ1) is 10.7. The van der Waals surface area contributed by atoms with E-state index in [-0.39, 0.29) is 17.9 Å². The summed E-state index contributed by atoms with van der Waals surface area (Å²) in [5, 5.41) is 0. The summed E-state index contributed by atoms with van der Waals surface area (Å²) in [5.74, 6) is 2.85. The number of rotatable bonds is 2. The van der Waals surface area contributed by atoms with Crippen molar-refractivity contribution in [2.24, 2.45) is 5.92 Å². The minimum absolute atomic E-state index is 0.0551. The molecule has 0 aliphatic carbocycles. The smallest absolute Gasteiger partial charge is 0.224 e. The third-order valence-electron chi connectivity index (χ3n) is 3.03. The molecule has 0 radical (unpaired) electrons. The summed E-state index contributed by atoms with van der Waals surface area (Å²) in [6, 6.07) is 3.92. The van der Waals surface area contributed by atoms with Crippen molar-refractivity contribution in [3.05, 3.63) is 30.1 Å². The quantitative estimate of drug-likeness (QED) is 0.701. The molecule has 2 rings (SSSR count). The van der Waals surface area contributed by atoms with E-state index >= 15 is 0 Å². The predicted octanol–water partition coefficient (Wildman–Crippen LogP) is 1.62. The van der Waals surface area contributed by atoms with Crippen molar-refractivity contribution in [2.45, 2.75) is 19.4 Å². The van der Waals surface area contributed by atoms with Crippen LogP contribution in [0.4, 0.5) is 0 Å². The maximum atomic E-state index is 11.8. The molecule has 3 nitrogen and oxygen atoms in total. The Hall–Kier alpha value is -1.82. The van der Waals surface area contributed by atoms with E-state index in [1.807, 2.05) is 24.0 Å². The van der Waals surface area contributed by atoms with Crippen LogP contribution in [0.1, 0.15) is 24.9 Å². The molecular formula is C13H14N2O. The van der Waals surface area contributed by atoms with E-state index in [0.717, 1.165) is 5.56 Å². The van der Waals surface area contributed by atoms with Gasteiger partial charge in [-0.25, -0.2) is 0 Å². The summed E-state index contributed by atoms with van der Waals surface area (Å²) in [6.07, 6.45) is 9.35. The molecule has 1 fully saturated rings. The van der Waals surface area contributed by atoms with Crippen LogP contribution < -0.4 is 0 Å². The van der Waals surface area contributed by atoms with Crippen molar-refractivity contribution in [2.75, 3.05) is 6.54 Å². The van der Waals surface area contributed by atoms with Gasteiger partial charge >= 0.3 is 0 Å². The first-order chi connectivity index (χ1) is 7.72. The van der Waals surface area contributed by atoms with Gasteiger partial charge in [0.15, 0.2) is 0 Å². The van der Waals surface area contributed by atoms with Crippen molar-refractivity contribution in [1.29, 1.82) is 0 Å². The van der Waals surface area contributed by atoms with Gasteiger partial charge in [-0.15, -0.1) is 12.3 Å². The molecule has 2 unspecified atom stereocenters. The number of pyridine rings is 1. The third kappa shape index (κ3) is 1.92. The van der Waals surface area contributed by atoms with E-state index in [2.05, 4.69) is 10.9 Å². The summed E-state index contributed by atoms with van der Waals surface area (Å²) in [4.78, 5) is 17.7. The fourth-order valence-corrected chi connectivity index (χ4v) is 2.02. The van der Waals surface area contributed by atoms with Crippen LogP contribution in [-0.4, -0.2) is 22.3 Å². The molecule has 82 valence electrons. The van der Waals surface area contributed by atoms with E-state index in [0.29, 0.717) is 13.0 Å². The van der Waals surface area contributed by atoms with Crippen molar-refractivity contribution >= 4 is 5.91 Å². The Morgan fingerprint density at radius 1 is 1.69 bits per heavy atom. The molecule has 0 aromatic carbocycles. The molecule has 2 heterocycles. The van der Waals surface area contributed by atoms with Gasteiger partial charge in [-0.3, -0.25) is 9.78 Å². The zero-order valence-electron chi connectivity index (χ0n) is 9.26. The van der Waals surface area contributed by atoms with E-state index < -0.39 is 0 Å². The summed E-state index contributed by atoms with van der Waals surface area (Å²) in [5.41, 5.74) is 1.05. The molecule has 16 heavy (non-hydrogen) atoms. The zero-order valence-corrected chi connectivity index (χ0v) is 9.26. The molecule has 1 aromatic rings. The minimum Gasteiger partial charge on any atom is -0.335 e. The number of terminal acetylenes is 1. The van der Waals surface area contributed by atoms with Crippen LogP contribution in [0.15, 0.2) is 24.5 Å². The number of nitrogens with zero attached hydrogens (tertiary/aromatic N) is 2. The van der Waals surface area contributed by atoms with E-state index in [4.69, 9.17) is 6.42 Å². The summed E-state index contributed by atoms with van der Waals surface area (Å²) in [7, 11) is 0. The van der Waals surface area contributed by atoms with Crippen LogP contribution >= 0.6 is 0 Å². The van der Waals surface area contributed by atoms with Gasteiger partial charge in [-0.05, 0) is 18.6 Å². The highest BCUT2D eigenvalue weighted by atomic mass is 16.2. The topological polar surface area (TPSA) is 33.2 Å². The van der Waals surface area contributed by atoms with Gasteiger partial charge < -0.3 is 4.90 Å². The molecule has 1 aliphatic heterocycles. The Morgan fingerprint density at radius 2 is 2.50 bits per heavy atom.